The summed E-state index contributed by atoms with van der Waals surface area (Å²) >= 11 is 0. The van der Waals surface area contributed by atoms with Crippen LogP contribution >= 0.6 is 0 Å². The summed E-state index contributed by atoms with van der Waals surface area (Å²) in [6.07, 6.45) is 3.83. The lowest BCUT2D eigenvalue weighted by molar-refractivity contribution is 0.245. The normalized spacial score (nSPS) is 19.6. The number of piperidine rings is 1. The third kappa shape index (κ3) is 2.84. The Balaban J connectivity index is 2.07. The van der Waals surface area contributed by atoms with E-state index in [-0.39, 0.29) is 5.56 Å². The fourth-order valence-corrected chi connectivity index (χ4v) is 4.96. The molecule has 1 aliphatic rings. The Bertz CT molecular complexity index is 864. The van der Waals surface area contributed by atoms with Gasteiger partial charge in [0.2, 0.25) is 10.0 Å². The van der Waals surface area contributed by atoms with Gasteiger partial charge in [0.25, 0.3) is 0 Å². The Morgan fingerprint density at radius 1 is 1.21 bits per heavy atom. The Hall–Kier alpha value is -1.80. The highest BCUT2D eigenvalue weighted by Crippen LogP contribution is 2.36. The predicted molar refractivity (Wildman–Crippen MR) is 84.8 cm³/mol. The van der Waals surface area contributed by atoms with Gasteiger partial charge in [-0.1, -0.05) is 6.42 Å². The Morgan fingerprint density at radius 3 is 2.62 bits per heavy atom. The van der Waals surface area contributed by atoms with Crippen molar-refractivity contribution in [1.82, 2.24) is 14.1 Å². The van der Waals surface area contributed by atoms with Crippen molar-refractivity contribution in [2.24, 2.45) is 7.05 Å². The number of aryl methyl sites for hydroxylation is 2. The lowest BCUT2D eigenvalue weighted by Crippen LogP contribution is -2.39. The zero-order valence-electron chi connectivity index (χ0n) is 13.5. The van der Waals surface area contributed by atoms with Gasteiger partial charge in [-0.3, -0.25) is 4.68 Å². The van der Waals surface area contributed by atoms with Gasteiger partial charge in [-0.15, -0.1) is 0 Å². The minimum Gasteiger partial charge on any atom is -0.271 e. The molecule has 0 N–H and O–H groups in total. The fraction of sp³-hybridized carbons (Fsp3) is 0.438. The molecule has 1 unspecified atom stereocenters. The second-order valence-electron chi connectivity index (χ2n) is 6.04. The third-order valence-corrected chi connectivity index (χ3v) is 6.38. The standard InChI is InChI=1S/C16H19F2N3O2S/c1-11-9-16(13(18)10-12(11)17)24(22,23)21-8-4-3-5-15(21)14-6-7-19-20(14)2/h6-7,9-10,15H,3-5,8H2,1-2H3. The number of rotatable bonds is 3. The molecule has 0 amide bonds. The van der Waals surface area contributed by atoms with Crippen molar-refractivity contribution in [3.8, 4) is 0 Å². The first-order valence-electron chi connectivity index (χ1n) is 7.78. The number of halogens is 2. The van der Waals surface area contributed by atoms with E-state index in [9.17, 15) is 17.2 Å². The molecule has 0 radical (unpaired) electrons. The SMILES string of the molecule is Cc1cc(S(=O)(=O)N2CCCCC2c2ccnn2C)c(F)cc1F. The van der Waals surface area contributed by atoms with E-state index in [0.29, 0.717) is 25.5 Å². The number of benzene rings is 1. The van der Waals surface area contributed by atoms with Crippen LogP contribution in [0, 0.1) is 18.6 Å². The summed E-state index contributed by atoms with van der Waals surface area (Å²) < 4.78 is 56.6. The van der Waals surface area contributed by atoms with Crippen LogP contribution in [-0.2, 0) is 17.1 Å². The number of hydrogen-bond donors (Lipinski definition) is 0. The van der Waals surface area contributed by atoms with Gasteiger partial charge in [0.05, 0.1) is 11.7 Å². The van der Waals surface area contributed by atoms with Crippen molar-refractivity contribution in [1.29, 1.82) is 0 Å². The topological polar surface area (TPSA) is 55.2 Å². The predicted octanol–water partition coefficient (Wildman–Crippen LogP) is 2.92. The molecule has 1 fully saturated rings. The Kier molecular flexibility index (Phi) is 4.44. The largest absolute Gasteiger partial charge is 0.271 e. The quantitative estimate of drug-likeness (QED) is 0.851. The second kappa shape index (κ2) is 6.25. The molecule has 2 heterocycles. The van der Waals surface area contributed by atoms with Crippen molar-refractivity contribution >= 4 is 10.0 Å². The van der Waals surface area contributed by atoms with E-state index in [2.05, 4.69) is 5.10 Å². The highest BCUT2D eigenvalue weighted by molar-refractivity contribution is 7.89. The van der Waals surface area contributed by atoms with E-state index in [1.807, 2.05) is 0 Å². The highest BCUT2D eigenvalue weighted by atomic mass is 32.2. The van der Waals surface area contributed by atoms with Crippen LogP contribution in [0.4, 0.5) is 8.78 Å². The number of aromatic nitrogens is 2. The summed E-state index contributed by atoms with van der Waals surface area (Å²) in [6, 6.07) is 3.06. The summed E-state index contributed by atoms with van der Waals surface area (Å²) in [7, 11) is -2.33. The molecule has 2 aromatic rings. The van der Waals surface area contributed by atoms with Gasteiger partial charge in [0.1, 0.15) is 16.5 Å². The minimum absolute atomic E-state index is 0.101. The Morgan fingerprint density at radius 2 is 1.96 bits per heavy atom. The van der Waals surface area contributed by atoms with Crippen molar-refractivity contribution < 1.29 is 17.2 Å². The van der Waals surface area contributed by atoms with Crippen molar-refractivity contribution in [3.05, 3.63) is 47.3 Å². The zero-order chi connectivity index (χ0) is 17.5. The molecule has 130 valence electrons. The maximum atomic E-state index is 14.2. The molecule has 1 atom stereocenters. The summed E-state index contributed by atoms with van der Waals surface area (Å²) in [5, 5.41) is 4.10. The highest BCUT2D eigenvalue weighted by Gasteiger charge is 2.37. The van der Waals surface area contributed by atoms with Crippen molar-refractivity contribution in [2.45, 2.75) is 37.1 Å². The van der Waals surface area contributed by atoms with E-state index < -0.39 is 32.6 Å². The van der Waals surface area contributed by atoms with Gasteiger partial charge in [0, 0.05) is 25.9 Å². The molecule has 24 heavy (non-hydrogen) atoms. The molecule has 1 aromatic heterocycles. The van der Waals surface area contributed by atoms with Gasteiger partial charge in [0.15, 0.2) is 0 Å². The molecule has 1 aliphatic heterocycles. The molecule has 1 saturated heterocycles. The van der Waals surface area contributed by atoms with Gasteiger partial charge >= 0.3 is 0 Å². The lowest BCUT2D eigenvalue weighted by Gasteiger charge is -2.34. The minimum atomic E-state index is -4.07. The number of sulfonamides is 1. The van der Waals surface area contributed by atoms with Crippen LogP contribution in [0.1, 0.15) is 36.6 Å². The summed E-state index contributed by atoms with van der Waals surface area (Å²) in [5.41, 5.74) is 0.863. The van der Waals surface area contributed by atoms with Gasteiger partial charge in [-0.25, -0.2) is 17.2 Å². The fourth-order valence-electron chi connectivity index (χ4n) is 3.15. The molecule has 0 saturated carbocycles. The van der Waals surface area contributed by atoms with E-state index >= 15 is 0 Å². The van der Waals surface area contributed by atoms with Gasteiger partial charge in [-0.05, 0) is 37.5 Å². The first-order valence-corrected chi connectivity index (χ1v) is 9.22. The summed E-state index contributed by atoms with van der Waals surface area (Å²) in [6.45, 7) is 1.72. The van der Waals surface area contributed by atoms with Crippen LogP contribution in [0.3, 0.4) is 0 Å². The molecule has 0 spiro atoms. The second-order valence-corrected chi connectivity index (χ2v) is 7.90. The summed E-state index contributed by atoms with van der Waals surface area (Å²) in [4.78, 5) is -0.476. The van der Waals surface area contributed by atoms with Gasteiger partial charge in [-0.2, -0.15) is 9.40 Å². The smallest absolute Gasteiger partial charge is 0.246 e. The van der Waals surface area contributed by atoms with E-state index in [1.165, 1.54) is 11.2 Å². The van der Waals surface area contributed by atoms with Crippen LogP contribution < -0.4 is 0 Å². The van der Waals surface area contributed by atoms with Crippen LogP contribution in [0.2, 0.25) is 0 Å². The molecule has 1 aromatic carbocycles. The van der Waals surface area contributed by atoms with Crippen LogP contribution in [-0.4, -0.2) is 29.0 Å². The average Bonchev–Trinajstić information content (AvgIpc) is 2.96. The molecular formula is C16H19F2N3O2S. The number of hydrogen-bond acceptors (Lipinski definition) is 3. The lowest BCUT2D eigenvalue weighted by atomic mass is 10.0. The molecule has 5 nitrogen and oxygen atoms in total. The molecule has 0 aliphatic carbocycles. The van der Waals surface area contributed by atoms with Crippen LogP contribution in [0.15, 0.2) is 29.3 Å². The van der Waals surface area contributed by atoms with E-state index in [1.54, 1.807) is 24.0 Å². The monoisotopic (exact) mass is 355 g/mol. The van der Waals surface area contributed by atoms with E-state index in [4.69, 9.17) is 0 Å². The van der Waals surface area contributed by atoms with E-state index in [0.717, 1.165) is 18.2 Å². The van der Waals surface area contributed by atoms with Crippen molar-refractivity contribution in [3.63, 3.8) is 0 Å². The molecule has 3 rings (SSSR count). The van der Waals surface area contributed by atoms with Crippen LogP contribution in [0.25, 0.3) is 0 Å². The van der Waals surface area contributed by atoms with Gasteiger partial charge < -0.3 is 0 Å². The first kappa shape index (κ1) is 17.0. The third-order valence-electron chi connectivity index (χ3n) is 4.45. The maximum Gasteiger partial charge on any atom is 0.246 e. The molecular weight excluding hydrogens is 336 g/mol. The Labute approximate surface area is 139 Å². The summed E-state index contributed by atoms with van der Waals surface area (Å²) in [5.74, 6) is -1.82. The molecule has 0 bridgehead atoms. The maximum absolute atomic E-state index is 14.2. The zero-order valence-corrected chi connectivity index (χ0v) is 14.4. The van der Waals surface area contributed by atoms with Crippen molar-refractivity contribution in [2.75, 3.05) is 6.54 Å². The molecule has 8 heteroatoms. The van der Waals surface area contributed by atoms with Crippen LogP contribution in [0.5, 0.6) is 0 Å². The number of nitrogens with zero attached hydrogens (tertiary/aromatic N) is 3. The average molecular weight is 355 g/mol. The first-order chi connectivity index (χ1) is 11.3.